The second-order valence-corrected chi connectivity index (χ2v) is 1.28. The summed E-state index contributed by atoms with van der Waals surface area (Å²) in [6, 6.07) is 0. The van der Waals surface area contributed by atoms with Crippen LogP contribution in [0.4, 0.5) is 0 Å². The molecule has 0 atom stereocenters. The van der Waals surface area contributed by atoms with Crippen LogP contribution in [0.5, 0.6) is 0 Å². The van der Waals surface area contributed by atoms with Crippen molar-refractivity contribution in [3.8, 4) is 0 Å². The first-order valence-electron chi connectivity index (χ1n) is 1.95. The largest absolute Gasteiger partial charge is 0.386 e. The number of hydrogen-bond acceptors (Lipinski definition) is 1. The van der Waals surface area contributed by atoms with Crippen LogP contribution in [0.15, 0.2) is 12.3 Å². The summed E-state index contributed by atoms with van der Waals surface area (Å²) in [5.74, 6) is 0.0718. The van der Waals surface area contributed by atoms with Crippen LogP contribution in [0.2, 0.25) is 0 Å². The van der Waals surface area contributed by atoms with Crippen LogP contribution in [0.1, 0.15) is 0 Å². The molecular weight excluding hydrogens is 90.1 g/mol. The molecule has 0 saturated heterocycles. The number of guanidine groups is 1. The van der Waals surface area contributed by atoms with E-state index >= 15 is 0 Å². The van der Waals surface area contributed by atoms with Crippen LogP contribution < -0.4 is 5.73 Å². The predicted molar refractivity (Wildman–Crippen MR) is 27.4 cm³/mol. The molecule has 0 aromatic heterocycles. The summed E-state index contributed by atoms with van der Waals surface area (Å²) < 4.78 is 1.53. The number of nitrogens with two attached hydrogens (primary N) is 1. The molecule has 7 heavy (non-hydrogen) atoms. The molecule has 0 aromatic rings. The van der Waals surface area contributed by atoms with Crippen LogP contribution in [0, 0.1) is 5.41 Å². The molecule has 0 bridgehead atoms. The lowest BCUT2D eigenvalue weighted by Crippen LogP contribution is -2.27. The third-order valence-corrected chi connectivity index (χ3v) is 0.772. The molecule has 1 rings (SSSR count). The third kappa shape index (κ3) is 0.513. The number of nitrogens with zero attached hydrogens (tertiary/aromatic N) is 1. The standard InChI is InChI=1S/C4H6N3/c5-4(6)7-2-1-3-7/h1-3H,(H3,5,6)/q+1. The van der Waals surface area contributed by atoms with Crippen LogP contribution in [-0.4, -0.2) is 16.7 Å². The number of hydrogen-bond donors (Lipinski definition) is 2. The Labute approximate surface area is 41.3 Å². The molecule has 0 aliphatic carbocycles. The molecule has 3 heteroatoms. The molecule has 0 unspecified atom stereocenters. The zero-order valence-electron chi connectivity index (χ0n) is 3.76. The molecule has 0 fully saturated rings. The van der Waals surface area contributed by atoms with Gasteiger partial charge in [0.05, 0.1) is 12.4 Å². The maximum absolute atomic E-state index is 6.77. The zero-order valence-corrected chi connectivity index (χ0v) is 3.76. The smallest absolute Gasteiger partial charge is 0.287 e. The first-order valence-corrected chi connectivity index (χ1v) is 1.95. The lowest BCUT2D eigenvalue weighted by atomic mass is 10.5. The lowest BCUT2D eigenvalue weighted by molar-refractivity contribution is -0.333. The lowest BCUT2D eigenvalue weighted by Gasteiger charge is -1.98. The average molecular weight is 96.1 g/mol. The van der Waals surface area contributed by atoms with Crippen molar-refractivity contribution in [3.63, 3.8) is 0 Å². The predicted octanol–water partition coefficient (Wildman–Crippen LogP) is -0.510. The fourth-order valence-corrected chi connectivity index (χ4v) is 0.333. The molecule has 1 aliphatic heterocycles. The Kier molecular flexibility index (Phi) is 0.685. The quantitative estimate of drug-likeness (QED) is 0.238. The fraction of sp³-hybridized carbons (Fsp3) is 0. The Bertz CT molecular complexity index is 154. The minimum Gasteiger partial charge on any atom is -0.287 e. The van der Waals surface area contributed by atoms with Crippen LogP contribution in [0.3, 0.4) is 0 Å². The van der Waals surface area contributed by atoms with Crippen molar-refractivity contribution < 1.29 is 4.58 Å². The van der Waals surface area contributed by atoms with Crippen LogP contribution in [0.25, 0.3) is 0 Å². The van der Waals surface area contributed by atoms with Crippen molar-refractivity contribution in [1.82, 2.24) is 0 Å². The van der Waals surface area contributed by atoms with Gasteiger partial charge in [-0.2, -0.15) is 0 Å². The van der Waals surface area contributed by atoms with Crippen molar-refractivity contribution in [1.29, 1.82) is 5.41 Å². The van der Waals surface area contributed by atoms with Crippen LogP contribution >= 0.6 is 0 Å². The highest BCUT2D eigenvalue weighted by molar-refractivity contribution is 5.80. The van der Waals surface area contributed by atoms with E-state index in [1.807, 2.05) is 6.08 Å². The van der Waals surface area contributed by atoms with Crippen molar-refractivity contribution in [2.75, 3.05) is 0 Å². The van der Waals surface area contributed by atoms with Gasteiger partial charge >= 0.3 is 5.96 Å². The Morgan fingerprint density at radius 2 is 2.29 bits per heavy atom. The molecule has 36 valence electrons. The summed E-state index contributed by atoms with van der Waals surface area (Å²) >= 11 is 0. The summed E-state index contributed by atoms with van der Waals surface area (Å²) in [5.41, 5.74) is 5.02. The van der Waals surface area contributed by atoms with E-state index in [9.17, 15) is 0 Å². The minimum absolute atomic E-state index is 0.0718. The van der Waals surface area contributed by atoms with E-state index in [0.29, 0.717) is 0 Å². The molecule has 0 amide bonds. The molecule has 0 aromatic carbocycles. The number of nitrogens with one attached hydrogen (secondary N) is 1. The topological polar surface area (TPSA) is 52.9 Å². The first kappa shape index (κ1) is 4.05. The summed E-state index contributed by atoms with van der Waals surface area (Å²) in [7, 11) is 0. The molecule has 0 spiro atoms. The highest BCUT2D eigenvalue weighted by Crippen LogP contribution is 1.83. The van der Waals surface area contributed by atoms with E-state index in [2.05, 4.69) is 0 Å². The first-order chi connectivity index (χ1) is 3.30. The Morgan fingerprint density at radius 1 is 1.71 bits per heavy atom. The van der Waals surface area contributed by atoms with E-state index in [-0.39, 0.29) is 5.96 Å². The second-order valence-electron chi connectivity index (χ2n) is 1.28. The van der Waals surface area contributed by atoms with Gasteiger partial charge in [-0.05, 0) is 0 Å². The van der Waals surface area contributed by atoms with E-state index < -0.39 is 0 Å². The van der Waals surface area contributed by atoms with Crippen molar-refractivity contribution in [2.24, 2.45) is 5.73 Å². The monoisotopic (exact) mass is 96.1 g/mol. The highest BCUT2D eigenvalue weighted by Gasteiger charge is 2.02. The zero-order chi connectivity index (χ0) is 5.28. The van der Waals surface area contributed by atoms with Gasteiger partial charge in [-0.15, -0.1) is 5.41 Å². The van der Waals surface area contributed by atoms with Crippen molar-refractivity contribution in [2.45, 2.75) is 0 Å². The van der Waals surface area contributed by atoms with E-state index in [0.717, 1.165) is 0 Å². The van der Waals surface area contributed by atoms with E-state index in [4.69, 9.17) is 11.1 Å². The van der Waals surface area contributed by atoms with Gasteiger partial charge in [0.15, 0.2) is 0 Å². The summed E-state index contributed by atoms with van der Waals surface area (Å²) in [5, 5.41) is 6.77. The van der Waals surface area contributed by atoms with E-state index in [1.165, 1.54) is 4.58 Å². The van der Waals surface area contributed by atoms with Gasteiger partial charge in [-0.1, -0.05) is 0 Å². The molecule has 1 heterocycles. The third-order valence-electron chi connectivity index (χ3n) is 0.772. The highest BCUT2D eigenvalue weighted by atomic mass is 15.1. The number of allylic oxidation sites excluding steroid dienone is 1. The molecule has 3 N–H and O–H groups in total. The van der Waals surface area contributed by atoms with Gasteiger partial charge in [0.2, 0.25) is 0 Å². The Balaban J connectivity index is 2.60. The van der Waals surface area contributed by atoms with Gasteiger partial charge in [0, 0.05) is 6.08 Å². The minimum atomic E-state index is 0.0718. The second kappa shape index (κ2) is 1.18. The van der Waals surface area contributed by atoms with Gasteiger partial charge in [0.1, 0.15) is 0 Å². The maximum atomic E-state index is 6.77. The van der Waals surface area contributed by atoms with Gasteiger partial charge in [-0.3, -0.25) is 5.73 Å². The average Bonchev–Trinajstić information content (AvgIpc) is 1.23. The summed E-state index contributed by atoms with van der Waals surface area (Å²) in [6.45, 7) is 0. The summed E-state index contributed by atoms with van der Waals surface area (Å²) in [6.07, 6.45) is 5.27. The molecule has 1 aliphatic rings. The normalized spacial score (nSPS) is 15.1. The molecule has 0 saturated carbocycles. The molecule has 0 radical (unpaired) electrons. The van der Waals surface area contributed by atoms with Crippen molar-refractivity contribution >= 4 is 12.2 Å². The Morgan fingerprint density at radius 3 is 2.29 bits per heavy atom. The number of rotatable bonds is 0. The van der Waals surface area contributed by atoms with Crippen molar-refractivity contribution in [3.05, 3.63) is 12.3 Å². The van der Waals surface area contributed by atoms with Gasteiger partial charge < -0.3 is 0 Å². The molecule has 3 nitrogen and oxygen atoms in total. The summed E-state index contributed by atoms with van der Waals surface area (Å²) in [4.78, 5) is 0. The van der Waals surface area contributed by atoms with Gasteiger partial charge in [0.25, 0.3) is 0 Å². The Hall–Kier alpha value is -1.12. The van der Waals surface area contributed by atoms with E-state index in [1.54, 1.807) is 12.4 Å². The van der Waals surface area contributed by atoms with Crippen LogP contribution in [-0.2, 0) is 0 Å². The molecular formula is C4H6N3+. The maximum Gasteiger partial charge on any atom is 0.386 e. The van der Waals surface area contributed by atoms with Gasteiger partial charge in [-0.25, -0.2) is 4.58 Å². The fourth-order valence-electron chi connectivity index (χ4n) is 0.333. The SMILES string of the molecule is N=C(N)[N+]1=CC=C1.